The Morgan fingerprint density at radius 2 is 1.95 bits per heavy atom. The number of ether oxygens (including phenoxy) is 1. The van der Waals surface area contributed by atoms with E-state index >= 15 is 0 Å². The molecule has 0 radical (unpaired) electrons. The lowest BCUT2D eigenvalue weighted by molar-refractivity contribution is -0.386. The summed E-state index contributed by atoms with van der Waals surface area (Å²) >= 11 is 1.55. The molecule has 0 heterocycles. The number of nitrogens with zero attached hydrogens (tertiary/aromatic N) is 2. The zero-order valence-corrected chi connectivity index (χ0v) is 14.4. The monoisotopic (exact) mass is 348 g/mol. The quantitative estimate of drug-likeness (QED) is 0.387. The molecule has 0 saturated heterocycles. The van der Waals surface area contributed by atoms with E-state index in [0.717, 1.165) is 6.07 Å². The lowest BCUT2D eigenvalue weighted by atomic mass is 10.3. The summed E-state index contributed by atoms with van der Waals surface area (Å²) in [5.74, 6) is 0.772. The molecular formula is C13H20N2O5S2. The topological polar surface area (TPSA) is 89.8 Å². The largest absolute Gasteiger partial charge is 0.486 e. The van der Waals surface area contributed by atoms with Crippen LogP contribution in [0.3, 0.4) is 0 Å². The van der Waals surface area contributed by atoms with E-state index < -0.39 is 14.9 Å². The molecule has 0 aromatic heterocycles. The highest BCUT2D eigenvalue weighted by molar-refractivity contribution is 7.98. The van der Waals surface area contributed by atoms with Crippen molar-refractivity contribution in [2.45, 2.75) is 18.7 Å². The second-order valence-corrected chi connectivity index (χ2v) is 7.24. The van der Waals surface area contributed by atoms with Gasteiger partial charge < -0.3 is 4.74 Å². The summed E-state index contributed by atoms with van der Waals surface area (Å²) in [5, 5.41) is 11.2. The van der Waals surface area contributed by atoms with E-state index in [-0.39, 0.29) is 16.3 Å². The van der Waals surface area contributed by atoms with Gasteiger partial charge in [-0.1, -0.05) is 13.8 Å². The predicted octanol–water partition coefficient (Wildman–Crippen LogP) is 2.37. The van der Waals surface area contributed by atoms with Crippen molar-refractivity contribution in [2.75, 3.05) is 31.7 Å². The van der Waals surface area contributed by atoms with Crippen LogP contribution in [0.2, 0.25) is 0 Å². The van der Waals surface area contributed by atoms with Crippen LogP contribution >= 0.6 is 11.8 Å². The molecule has 0 aliphatic carbocycles. The molecule has 0 spiro atoms. The van der Waals surface area contributed by atoms with E-state index in [9.17, 15) is 18.5 Å². The average Bonchev–Trinajstić information content (AvgIpc) is 2.48. The Bertz CT molecular complexity index is 615. The van der Waals surface area contributed by atoms with Gasteiger partial charge >= 0.3 is 5.69 Å². The van der Waals surface area contributed by atoms with Crippen LogP contribution in [-0.2, 0) is 10.0 Å². The minimum atomic E-state index is -3.73. The molecule has 22 heavy (non-hydrogen) atoms. The number of hydrogen-bond donors (Lipinski definition) is 0. The number of benzene rings is 1. The van der Waals surface area contributed by atoms with Gasteiger partial charge in [-0.3, -0.25) is 10.1 Å². The van der Waals surface area contributed by atoms with Gasteiger partial charge in [0, 0.05) is 24.9 Å². The fourth-order valence-corrected chi connectivity index (χ4v) is 3.60. The van der Waals surface area contributed by atoms with Crippen molar-refractivity contribution in [3.63, 3.8) is 0 Å². The van der Waals surface area contributed by atoms with Crippen LogP contribution < -0.4 is 4.74 Å². The molecular weight excluding hydrogens is 328 g/mol. The normalized spacial score (nSPS) is 11.6. The summed E-state index contributed by atoms with van der Waals surface area (Å²) in [4.78, 5) is 10.4. The average molecular weight is 348 g/mol. The number of sulfonamides is 1. The van der Waals surface area contributed by atoms with Gasteiger partial charge in [0.1, 0.15) is 0 Å². The van der Waals surface area contributed by atoms with Gasteiger partial charge in [0.05, 0.1) is 16.4 Å². The van der Waals surface area contributed by atoms with E-state index in [0.29, 0.717) is 25.4 Å². The lowest BCUT2D eigenvalue weighted by Crippen LogP contribution is -2.30. The minimum Gasteiger partial charge on any atom is -0.486 e. The van der Waals surface area contributed by atoms with Crippen LogP contribution in [0, 0.1) is 10.1 Å². The molecule has 124 valence electrons. The molecule has 0 unspecified atom stereocenters. The fraction of sp³-hybridized carbons (Fsp3) is 0.538. The Morgan fingerprint density at radius 1 is 1.32 bits per heavy atom. The van der Waals surface area contributed by atoms with Gasteiger partial charge in [-0.25, -0.2) is 8.42 Å². The molecule has 7 nitrogen and oxygen atoms in total. The van der Waals surface area contributed by atoms with Crippen LogP contribution in [0.1, 0.15) is 13.8 Å². The molecule has 0 saturated carbocycles. The smallest absolute Gasteiger partial charge is 0.312 e. The maximum atomic E-state index is 12.4. The van der Waals surface area contributed by atoms with E-state index in [1.165, 1.54) is 16.4 Å². The number of rotatable bonds is 9. The fourth-order valence-electron chi connectivity index (χ4n) is 1.87. The Hall–Kier alpha value is -1.32. The van der Waals surface area contributed by atoms with E-state index in [1.807, 2.05) is 6.26 Å². The summed E-state index contributed by atoms with van der Waals surface area (Å²) in [6, 6.07) is 3.74. The van der Waals surface area contributed by atoms with Crippen LogP contribution in [-0.4, -0.2) is 49.4 Å². The molecule has 0 bridgehead atoms. The Labute approximate surface area is 134 Å². The summed E-state index contributed by atoms with van der Waals surface area (Å²) in [7, 11) is -3.73. The molecule has 1 aromatic carbocycles. The van der Waals surface area contributed by atoms with Gasteiger partial charge in [0.25, 0.3) is 0 Å². The predicted molar refractivity (Wildman–Crippen MR) is 87.1 cm³/mol. The van der Waals surface area contributed by atoms with Crippen molar-refractivity contribution in [1.29, 1.82) is 0 Å². The van der Waals surface area contributed by atoms with Gasteiger partial charge in [-0.05, 0) is 18.4 Å². The zero-order valence-electron chi connectivity index (χ0n) is 12.8. The molecule has 1 aromatic rings. The number of nitro benzene ring substituents is 1. The van der Waals surface area contributed by atoms with Crippen molar-refractivity contribution < 1.29 is 18.1 Å². The highest BCUT2D eigenvalue weighted by Crippen LogP contribution is 2.30. The van der Waals surface area contributed by atoms with Gasteiger partial charge in [0.15, 0.2) is 5.75 Å². The summed E-state index contributed by atoms with van der Waals surface area (Å²) in [6.07, 6.45) is 1.90. The van der Waals surface area contributed by atoms with Crippen LogP contribution in [0.15, 0.2) is 23.1 Å². The second-order valence-electron chi connectivity index (χ2n) is 4.32. The highest BCUT2D eigenvalue weighted by Gasteiger charge is 2.26. The highest BCUT2D eigenvalue weighted by atomic mass is 32.2. The van der Waals surface area contributed by atoms with Gasteiger partial charge in [-0.15, -0.1) is 0 Å². The molecule has 0 atom stereocenters. The Morgan fingerprint density at radius 3 is 2.45 bits per heavy atom. The van der Waals surface area contributed by atoms with Gasteiger partial charge in [0.2, 0.25) is 10.0 Å². The summed E-state index contributed by atoms with van der Waals surface area (Å²) < 4.78 is 31.4. The molecule has 0 fully saturated rings. The van der Waals surface area contributed by atoms with E-state index in [2.05, 4.69) is 0 Å². The van der Waals surface area contributed by atoms with Crippen molar-refractivity contribution >= 4 is 27.5 Å². The first-order chi connectivity index (χ1) is 10.4. The number of nitro groups is 1. The third-order valence-electron chi connectivity index (χ3n) is 3.02. The van der Waals surface area contributed by atoms with E-state index in [4.69, 9.17) is 4.74 Å². The van der Waals surface area contributed by atoms with Crippen molar-refractivity contribution in [1.82, 2.24) is 4.31 Å². The number of thioether (sulfide) groups is 1. The lowest BCUT2D eigenvalue weighted by Gasteiger charge is -2.18. The molecule has 1 rings (SSSR count). The van der Waals surface area contributed by atoms with Crippen LogP contribution in [0.5, 0.6) is 5.75 Å². The first-order valence-corrected chi connectivity index (χ1v) is 9.62. The molecule has 0 aliphatic rings. The number of hydrogen-bond acceptors (Lipinski definition) is 6. The Kier molecular flexibility index (Phi) is 7.11. The van der Waals surface area contributed by atoms with Crippen molar-refractivity contribution in [3.05, 3.63) is 28.3 Å². The molecule has 0 amide bonds. The molecule has 0 N–H and O–H groups in total. The zero-order chi connectivity index (χ0) is 16.8. The first-order valence-electron chi connectivity index (χ1n) is 6.78. The summed E-state index contributed by atoms with van der Waals surface area (Å²) in [5.41, 5.74) is -0.339. The first kappa shape index (κ1) is 18.7. The third kappa shape index (κ3) is 4.34. The third-order valence-corrected chi connectivity index (χ3v) is 5.64. The second kappa shape index (κ2) is 8.35. The van der Waals surface area contributed by atoms with Crippen molar-refractivity contribution in [2.24, 2.45) is 0 Å². The minimum absolute atomic E-state index is 0.0811. The van der Waals surface area contributed by atoms with Crippen molar-refractivity contribution in [3.8, 4) is 5.75 Å². The molecule has 9 heteroatoms. The van der Waals surface area contributed by atoms with E-state index in [1.54, 1.807) is 25.6 Å². The maximum absolute atomic E-state index is 12.4. The maximum Gasteiger partial charge on any atom is 0.312 e. The standard InChI is InChI=1S/C13H20N2O5S2/c1-4-14(5-2)22(18,19)11-6-7-13(20-8-9-21-3)12(10-11)15(16)17/h6-7,10H,4-5,8-9H2,1-3H3. The summed E-state index contributed by atoms with van der Waals surface area (Å²) in [6.45, 7) is 4.37. The SMILES string of the molecule is CCN(CC)S(=O)(=O)c1ccc(OCCSC)c([N+](=O)[O-])c1. The molecule has 0 aliphatic heterocycles. The Balaban J connectivity index is 3.20. The van der Waals surface area contributed by atoms with Crippen LogP contribution in [0.25, 0.3) is 0 Å². The van der Waals surface area contributed by atoms with Crippen LogP contribution in [0.4, 0.5) is 5.69 Å². The van der Waals surface area contributed by atoms with Gasteiger partial charge in [-0.2, -0.15) is 16.1 Å².